The van der Waals surface area contributed by atoms with Crippen LogP contribution in [0.25, 0.3) is 0 Å². The topological polar surface area (TPSA) is 80.7 Å². The van der Waals surface area contributed by atoms with Crippen LogP contribution in [0.5, 0.6) is 11.5 Å². The summed E-state index contributed by atoms with van der Waals surface area (Å²) in [6.07, 6.45) is 1.54. The van der Waals surface area contributed by atoms with E-state index < -0.39 is 0 Å². The molecule has 2 amide bonds. The van der Waals surface area contributed by atoms with Gasteiger partial charge in [-0.05, 0) is 30.7 Å². The zero-order valence-electron chi connectivity index (χ0n) is 15.5. The molecule has 0 radical (unpaired) electrons. The van der Waals surface area contributed by atoms with Gasteiger partial charge in [0.25, 0.3) is 11.8 Å². The van der Waals surface area contributed by atoms with Crippen molar-refractivity contribution in [2.75, 3.05) is 45.3 Å². The lowest BCUT2D eigenvalue weighted by molar-refractivity contribution is -0.137. The van der Waals surface area contributed by atoms with Crippen LogP contribution in [0, 0.1) is 0 Å². The number of thiocarbonyl (C=S) groups is 1. The predicted molar refractivity (Wildman–Crippen MR) is 110 cm³/mol. The van der Waals surface area contributed by atoms with E-state index in [4.69, 9.17) is 26.4 Å². The monoisotopic (exact) mass is 423 g/mol. The van der Waals surface area contributed by atoms with Gasteiger partial charge >= 0.3 is 0 Å². The van der Waals surface area contributed by atoms with Crippen molar-refractivity contribution in [3.05, 3.63) is 23.8 Å². The first kappa shape index (κ1) is 20.6. The largest absolute Gasteiger partial charge is 0.490 e. The molecule has 0 bridgehead atoms. The molecule has 0 aliphatic carbocycles. The van der Waals surface area contributed by atoms with Crippen molar-refractivity contribution in [3.8, 4) is 11.5 Å². The molecule has 3 rings (SSSR count). The van der Waals surface area contributed by atoms with Gasteiger partial charge in [0.05, 0.1) is 31.8 Å². The normalized spacial score (nSPS) is 17.5. The average Bonchev–Trinajstić information content (AvgIpc) is 3.04. The summed E-state index contributed by atoms with van der Waals surface area (Å²) in [5.41, 5.74) is 0.725. The van der Waals surface area contributed by atoms with E-state index in [0.29, 0.717) is 54.5 Å². The molecule has 0 aromatic heterocycles. The van der Waals surface area contributed by atoms with E-state index >= 15 is 0 Å². The van der Waals surface area contributed by atoms with Gasteiger partial charge in [-0.1, -0.05) is 24.0 Å². The first-order valence-corrected chi connectivity index (χ1v) is 10.3. The molecule has 2 heterocycles. The number of carbonyl (C=O) groups is 2. The molecule has 0 saturated carbocycles. The van der Waals surface area contributed by atoms with Gasteiger partial charge in [0.15, 0.2) is 22.4 Å². The van der Waals surface area contributed by atoms with Gasteiger partial charge in [-0.2, -0.15) is 10.1 Å². The van der Waals surface area contributed by atoms with Crippen LogP contribution in [-0.4, -0.2) is 77.5 Å². The number of benzene rings is 1. The highest BCUT2D eigenvalue weighted by Crippen LogP contribution is 2.28. The Morgan fingerprint density at radius 2 is 2.11 bits per heavy atom. The maximum absolute atomic E-state index is 12.3. The smallest absolute Gasteiger partial charge is 0.260 e. The number of nitrogens with zero attached hydrogens (tertiary/aromatic N) is 3. The number of carbonyl (C=O) groups excluding carboxylic acids is 2. The van der Waals surface area contributed by atoms with E-state index in [1.54, 1.807) is 29.3 Å². The molecular weight excluding hydrogens is 402 g/mol. The number of rotatable bonds is 7. The molecule has 2 fully saturated rings. The molecule has 0 atom stereocenters. The molecule has 0 N–H and O–H groups in total. The number of hydrogen-bond donors (Lipinski definition) is 0. The summed E-state index contributed by atoms with van der Waals surface area (Å²) in [5, 5.41) is 5.36. The van der Waals surface area contributed by atoms with E-state index in [2.05, 4.69) is 5.10 Å². The van der Waals surface area contributed by atoms with Crippen molar-refractivity contribution in [1.82, 2.24) is 9.91 Å². The fourth-order valence-electron chi connectivity index (χ4n) is 2.62. The molecular formula is C18H21N3O5S2. The van der Waals surface area contributed by atoms with Gasteiger partial charge in [-0.15, -0.1) is 0 Å². The zero-order chi connectivity index (χ0) is 19.9. The number of amides is 2. The Hall–Kier alpha value is -2.17. The lowest BCUT2D eigenvalue weighted by atomic mass is 10.2. The van der Waals surface area contributed by atoms with E-state index in [-0.39, 0.29) is 18.4 Å². The average molecular weight is 424 g/mol. The maximum Gasteiger partial charge on any atom is 0.260 e. The predicted octanol–water partition coefficient (Wildman–Crippen LogP) is 1.52. The Kier molecular flexibility index (Phi) is 7.24. The Morgan fingerprint density at radius 3 is 2.79 bits per heavy atom. The minimum atomic E-state index is -0.141. The van der Waals surface area contributed by atoms with Crippen LogP contribution in [0.15, 0.2) is 23.3 Å². The molecule has 8 nitrogen and oxygen atoms in total. The molecule has 2 aliphatic heterocycles. The summed E-state index contributed by atoms with van der Waals surface area (Å²) < 4.78 is 17.0. The number of hydrazone groups is 1. The van der Waals surface area contributed by atoms with Crippen LogP contribution in [0.4, 0.5) is 0 Å². The van der Waals surface area contributed by atoms with Crippen molar-refractivity contribution in [3.63, 3.8) is 0 Å². The molecule has 0 spiro atoms. The van der Waals surface area contributed by atoms with Gasteiger partial charge < -0.3 is 19.1 Å². The van der Waals surface area contributed by atoms with Crippen LogP contribution in [0.3, 0.4) is 0 Å². The Balaban J connectivity index is 1.65. The lowest BCUT2D eigenvalue weighted by Crippen LogP contribution is -2.43. The number of thioether (sulfide) groups is 1. The van der Waals surface area contributed by atoms with Gasteiger partial charge in [0.2, 0.25) is 0 Å². The molecule has 150 valence electrons. The summed E-state index contributed by atoms with van der Waals surface area (Å²) >= 11 is 6.39. The van der Waals surface area contributed by atoms with Crippen LogP contribution >= 0.6 is 24.0 Å². The Morgan fingerprint density at radius 1 is 1.32 bits per heavy atom. The fourth-order valence-corrected chi connectivity index (χ4v) is 3.59. The van der Waals surface area contributed by atoms with Crippen LogP contribution in [-0.2, 0) is 14.3 Å². The molecule has 2 saturated heterocycles. The third-order valence-electron chi connectivity index (χ3n) is 4.03. The summed E-state index contributed by atoms with van der Waals surface area (Å²) in [6.45, 7) is 4.48. The van der Waals surface area contributed by atoms with Crippen molar-refractivity contribution in [1.29, 1.82) is 0 Å². The van der Waals surface area contributed by atoms with Gasteiger partial charge in [-0.25, -0.2) is 0 Å². The third kappa shape index (κ3) is 5.21. The number of morpholine rings is 1. The highest BCUT2D eigenvalue weighted by Gasteiger charge is 2.26. The van der Waals surface area contributed by atoms with E-state index in [1.807, 2.05) is 6.92 Å². The van der Waals surface area contributed by atoms with Gasteiger partial charge in [0, 0.05) is 13.1 Å². The standard InChI is InChI=1S/C18H21N3O5S2/c1-2-25-15-9-13(10-19-21-17(23)12-28-18(21)27)3-4-14(15)26-11-16(22)20-5-7-24-8-6-20/h3-4,9-10H,2,5-8,11-12H2,1H3/b19-10-. The second kappa shape index (κ2) is 9.85. The van der Waals surface area contributed by atoms with E-state index in [1.165, 1.54) is 16.8 Å². The molecule has 0 unspecified atom stereocenters. The van der Waals surface area contributed by atoms with Crippen molar-refractivity contribution < 1.29 is 23.8 Å². The van der Waals surface area contributed by atoms with Crippen LogP contribution in [0.2, 0.25) is 0 Å². The zero-order valence-corrected chi connectivity index (χ0v) is 17.1. The first-order valence-electron chi connectivity index (χ1n) is 8.87. The number of hydrogen-bond acceptors (Lipinski definition) is 8. The van der Waals surface area contributed by atoms with E-state index in [9.17, 15) is 9.59 Å². The molecule has 1 aromatic carbocycles. The van der Waals surface area contributed by atoms with Gasteiger partial charge in [-0.3, -0.25) is 9.59 Å². The van der Waals surface area contributed by atoms with Crippen LogP contribution in [0.1, 0.15) is 12.5 Å². The minimum absolute atomic E-state index is 0.0682. The number of ether oxygens (including phenoxy) is 3. The summed E-state index contributed by atoms with van der Waals surface area (Å²) in [7, 11) is 0. The Bertz CT molecular complexity index is 764. The van der Waals surface area contributed by atoms with Crippen molar-refractivity contribution in [2.45, 2.75) is 6.92 Å². The van der Waals surface area contributed by atoms with Crippen LogP contribution < -0.4 is 9.47 Å². The highest BCUT2D eigenvalue weighted by atomic mass is 32.2. The highest BCUT2D eigenvalue weighted by molar-refractivity contribution is 8.23. The SMILES string of the molecule is CCOc1cc(/C=N\N2C(=O)CSC2=S)ccc1OCC(=O)N1CCOCC1. The molecule has 10 heteroatoms. The maximum atomic E-state index is 12.3. The second-order valence-electron chi connectivity index (χ2n) is 5.93. The molecule has 28 heavy (non-hydrogen) atoms. The molecule has 1 aromatic rings. The Labute approximate surface area is 172 Å². The second-order valence-corrected chi connectivity index (χ2v) is 7.53. The van der Waals surface area contributed by atoms with Gasteiger partial charge in [0.1, 0.15) is 0 Å². The fraction of sp³-hybridized carbons (Fsp3) is 0.444. The summed E-state index contributed by atoms with van der Waals surface area (Å²) in [5.74, 6) is 1.06. The minimum Gasteiger partial charge on any atom is -0.490 e. The summed E-state index contributed by atoms with van der Waals surface area (Å²) in [4.78, 5) is 25.7. The van der Waals surface area contributed by atoms with Crippen molar-refractivity contribution >= 4 is 46.3 Å². The van der Waals surface area contributed by atoms with Crippen molar-refractivity contribution in [2.24, 2.45) is 5.10 Å². The third-order valence-corrected chi connectivity index (χ3v) is 5.37. The first-order chi connectivity index (χ1) is 13.6. The summed E-state index contributed by atoms with van der Waals surface area (Å²) in [6, 6.07) is 5.24. The lowest BCUT2D eigenvalue weighted by Gasteiger charge is -2.26. The quantitative estimate of drug-likeness (QED) is 0.486. The molecule has 2 aliphatic rings. The van der Waals surface area contributed by atoms with E-state index in [0.717, 1.165) is 5.56 Å².